The number of amides is 2. The number of rotatable bonds is 13. The van der Waals surface area contributed by atoms with Crippen LogP contribution in [0.4, 0.5) is 5.69 Å². The van der Waals surface area contributed by atoms with Gasteiger partial charge in [-0.3, -0.25) is 9.59 Å². The van der Waals surface area contributed by atoms with E-state index in [9.17, 15) is 18.0 Å². The van der Waals surface area contributed by atoms with Gasteiger partial charge in [0, 0.05) is 6.54 Å². The molecule has 1 saturated carbocycles. The Balaban J connectivity index is 1.57. The molecular formula is C28H41N7O4S. The number of nitrogens with two attached hydrogens (primary N) is 4. The summed E-state index contributed by atoms with van der Waals surface area (Å²) in [5, 5.41) is 10.9. The topological polar surface area (TPSA) is 209 Å². The number of hydrogen-bond acceptors (Lipinski definition) is 6. The van der Waals surface area contributed by atoms with Crippen LogP contribution < -0.4 is 33.0 Å². The van der Waals surface area contributed by atoms with Crippen molar-refractivity contribution in [1.29, 1.82) is 0 Å². The molecule has 2 atom stereocenters. The van der Waals surface area contributed by atoms with Crippen LogP contribution in [-0.2, 0) is 32.5 Å². The van der Waals surface area contributed by atoms with Gasteiger partial charge in [0.05, 0.1) is 16.6 Å². The fourth-order valence-corrected chi connectivity index (χ4v) is 5.44. The fraction of sp³-hybridized carbons (Fsp3) is 0.464. The Hall–Kier alpha value is -3.48. The van der Waals surface area contributed by atoms with Crippen LogP contribution in [0.1, 0.15) is 56.1 Å². The van der Waals surface area contributed by atoms with Crippen molar-refractivity contribution in [1.82, 2.24) is 10.6 Å². The monoisotopic (exact) mass is 571 g/mol. The molecule has 2 aromatic carbocycles. The summed E-state index contributed by atoms with van der Waals surface area (Å²) >= 11 is 0. The van der Waals surface area contributed by atoms with Crippen LogP contribution in [0.15, 0.2) is 58.4 Å². The van der Waals surface area contributed by atoms with E-state index in [2.05, 4.69) is 15.6 Å². The van der Waals surface area contributed by atoms with E-state index in [0.717, 1.165) is 30.4 Å². The summed E-state index contributed by atoms with van der Waals surface area (Å²) in [5.41, 5.74) is 19.3. The molecule has 0 heterocycles. The SMILES string of the molecule is NC(N)=Nc1ccc(C[C@H](N)C(=O)N[C@@H](CCC2CCCCC2)C(=O)NCCc2ccc(S(N)(=O)=O)cc2)cc1. The van der Waals surface area contributed by atoms with Gasteiger partial charge in [0.25, 0.3) is 0 Å². The highest BCUT2D eigenvalue weighted by Gasteiger charge is 2.25. The van der Waals surface area contributed by atoms with Gasteiger partial charge in [-0.1, -0.05) is 56.4 Å². The molecule has 40 heavy (non-hydrogen) atoms. The van der Waals surface area contributed by atoms with Gasteiger partial charge in [0.2, 0.25) is 21.8 Å². The lowest BCUT2D eigenvalue weighted by molar-refractivity contribution is -0.129. The molecule has 218 valence electrons. The molecule has 1 aliphatic carbocycles. The first kappa shape index (κ1) is 31.1. The van der Waals surface area contributed by atoms with Gasteiger partial charge in [-0.25, -0.2) is 18.5 Å². The smallest absolute Gasteiger partial charge is 0.242 e. The van der Waals surface area contributed by atoms with Crippen LogP contribution >= 0.6 is 0 Å². The van der Waals surface area contributed by atoms with Crippen molar-refractivity contribution in [2.45, 2.75) is 74.8 Å². The third-order valence-electron chi connectivity index (χ3n) is 7.17. The standard InChI is InChI=1S/C28H41N7O4S/c29-24(18-21-6-11-22(12-7-21)34-28(30)31)26(36)35-25(15-10-19-4-2-1-3-5-19)27(37)33-17-16-20-8-13-23(14-9-20)40(32,38)39/h6-9,11-14,19,24-25H,1-5,10,15-18,29H2,(H,33,37)(H,35,36)(H4,30,31,34)(H2,32,38,39)/t24-,25-/m0/s1. The Morgan fingerprint density at radius 2 is 1.55 bits per heavy atom. The predicted molar refractivity (Wildman–Crippen MR) is 156 cm³/mol. The van der Waals surface area contributed by atoms with Crippen molar-refractivity contribution in [3.63, 3.8) is 0 Å². The highest BCUT2D eigenvalue weighted by atomic mass is 32.2. The van der Waals surface area contributed by atoms with E-state index in [1.54, 1.807) is 36.4 Å². The highest BCUT2D eigenvalue weighted by Crippen LogP contribution is 2.27. The molecule has 0 radical (unpaired) electrons. The number of primary sulfonamides is 1. The zero-order chi connectivity index (χ0) is 29.1. The Kier molecular flexibility index (Phi) is 11.5. The van der Waals surface area contributed by atoms with Crippen molar-refractivity contribution >= 4 is 33.5 Å². The van der Waals surface area contributed by atoms with E-state index < -0.39 is 28.0 Å². The molecule has 10 N–H and O–H groups in total. The second kappa shape index (κ2) is 14.8. The van der Waals surface area contributed by atoms with Crippen molar-refractivity contribution < 1.29 is 18.0 Å². The molecule has 3 rings (SSSR count). The number of carbonyl (C=O) groups excluding carboxylic acids is 2. The molecule has 0 aromatic heterocycles. The zero-order valence-electron chi connectivity index (χ0n) is 22.7. The summed E-state index contributed by atoms with van der Waals surface area (Å²) in [6, 6.07) is 11.8. The number of guanidine groups is 1. The van der Waals surface area contributed by atoms with E-state index in [0.29, 0.717) is 37.4 Å². The maximum atomic E-state index is 13.1. The average Bonchev–Trinajstić information content (AvgIpc) is 2.92. The molecule has 1 aliphatic rings. The second-order valence-electron chi connectivity index (χ2n) is 10.4. The predicted octanol–water partition coefficient (Wildman–Crippen LogP) is 1.31. The van der Waals surface area contributed by atoms with Gasteiger partial charge in [0.15, 0.2) is 5.96 Å². The second-order valence-corrected chi connectivity index (χ2v) is 11.9. The van der Waals surface area contributed by atoms with Gasteiger partial charge >= 0.3 is 0 Å². The van der Waals surface area contributed by atoms with Gasteiger partial charge < -0.3 is 27.8 Å². The maximum Gasteiger partial charge on any atom is 0.242 e. The number of benzene rings is 2. The van der Waals surface area contributed by atoms with E-state index in [1.165, 1.54) is 31.4 Å². The Morgan fingerprint density at radius 3 is 2.15 bits per heavy atom. The van der Waals surface area contributed by atoms with E-state index in [4.69, 9.17) is 22.3 Å². The fourth-order valence-electron chi connectivity index (χ4n) is 4.93. The molecule has 2 aromatic rings. The number of sulfonamides is 1. The number of nitrogens with zero attached hydrogens (tertiary/aromatic N) is 1. The lowest BCUT2D eigenvalue weighted by atomic mass is 9.85. The minimum atomic E-state index is -3.76. The van der Waals surface area contributed by atoms with E-state index in [-0.39, 0.29) is 16.8 Å². The first-order chi connectivity index (χ1) is 19.0. The highest BCUT2D eigenvalue weighted by molar-refractivity contribution is 7.89. The summed E-state index contributed by atoms with van der Waals surface area (Å²) in [6.07, 6.45) is 8.11. The summed E-state index contributed by atoms with van der Waals surface area (Å²) < 4.78 is 22.9. The van der Waals surface area contributed by atoms with Crippen molar-refractivity contribution in [3.05, 3.63) is 59.7 Å². The number of hydrogen-bond donors (Lipinski definition) is 6. The van der Waals surface area contributed by atoms with Crippen LogP contribution in [-0.4, -0.2) is 44.8 Å². The van der Waals surface area contributed by atoms with Gasteiger partial charge in [-0.15, -0.1) is 0 Å². The molecule has 11 nitrogen and oxygen atoms in total. The Bertz CT molecular complexity index is 1250. The minimum absolute atomic E-state index is 0.0341. The minimum Gasteiger partial charge on any atom is -0.370 e. The molecule has 2 amide bonds. The summed E-state index contributed by atoms with van der Waals surface area (Å²) in [7, 11) is -3.76. The number of aliphatic imine (C=N–C) groups is 1. The van der Waals surface area contributed by atoms with Gasteiger partial charge in [-0.2, -0.15) is 0 Å². The first-order valence-corrected chi connectivity index (χ1v) is 15.2. The van der Waals surface area contributed by atoms with Crippen molar-refractivity contribution in [2.24, 2.45) is 33.3 Å². The van der Waals surface area contributed by atoms with Gasteiger partial charge in [-0.05, 0) is 67.0 Å². The summed E-state index contributed by atoms with van der Waals surface area (Å²) in [5.74, 6) is -0.146. The molecule has 0 saturated heterocycles. The third kappa shape index (κ3) is 10.2. The van der Waals surface area contributed by atoms with Crippen LogP contribution in [0.5, 0.6) is 0 Å². The average molecular weight is 572 g/mol. The summed E-state index contributed by atoms with van der Waals surface area (Å²) in [6.45, 7) is 0.331. The zero-order valence-corrected chi connectivity index (χ0v) is 23.5. The quantitative estimate of drug-likeness (QED) is 0.153. The molecule has 0 bridgehead atoms. The molecular weight excluding hydrogens is 530 g/mol. The lowest BCUT2D eigenvalue weighted by Crippen LogP contribution is -2.52. The van der Waals surface area contributed by atoms with Gasteiger partial charge in [0.1, 0.15) is 6.04 Å². The van der Waals surface area contributed by atoms with Crippen LogP contribution in [0, 0.1) is 5.92 Å². The molecule has 1 fully saturated rings. The van der Waals surface area contributed by atoms with Crippen LogP contribution in [0.2, 0.25) is 0 Å². The normalized spacial score (nSPS) is 15.6. The van der Waals surface area contributed by atoms with E-state index in [1.807, 2.05) is 0 Å². The summed E-state index contributed by atoms with van der Waals surface area (Å²) in [4.78, 5) is 30.2. The Labute approximate surface area is 236 Å². The molecule has 0 spiro atoms. The first-order valence-electron chi connectivity index (χ1n) is 13.6. The number of carbonyl (C=O) groups is 2. The maximum absolute atomic E-state index is 13.1. The van der Waals surface area contributed by atoms with Crippen molar-refractivity contribution in [3.8, 4) is 0 Å². The van der Waals surface area contributed by atoms with E-state index >= 15 is 0 Å². The third-order valence-corrected chi connectivity index (χ3v) is 8.10. The molecule has 0 aliphatic heterocycles. The molecule has 0 unspecified atom stereocenters. The molecule has 12 heteroatoms. The number of nitrogens with one attached hydrogen (secondary N) is 2. The van der Waals surface area contributed by atoms with Crippen LogP contribution in [0.25, 0.3) is 0 Å². The largest absolute Gasteiger partial charge is 0.370 e. The van der Waals surface area contributed by atoms with Crippen molar-refractivity contribution in [2.75, 3.05) is 6.54 Å². The van der Waals surface area contributed by atoms with Crippen LogP contribution in [0.3, 0.4) is 0 Å². The Morgan fingerprint density at radius 1 is 0.925 bits per heavy atom. The lowest BCUT2D eigenvalue weighted by Gasteiger charge is -2.25.